The predicted octanol–water partition coefficient (Wildman–Crippen LogP) is 2.93. The van der Waals surface area contributed by atoms with Crippen LogP contribution in [0.4, 0.5) is 8.78 Å². The first-order valence-corrected chi connectivity index (χ1v) is 5.90. The van der Waals surface area contributed by atoms with E-state index in [-0.39, 0.29) is 5.56 Å². The molecule has 1 atom stereocenters. The Hall–Kier alpha value is -1.16. The van der Waals surface area contributed by atoms with Gasteiger partial charge in [0.25, 0.3) is 5.92 Å². The number of halogens is 2. The van der Waals surface area contributed by atoms with E-state index in [4.69, 9.17) is 4.74 Å². The molecule has 1 unspecified atom stereocenters. The Kier molecular flexibility index (Phi) is 3.62. The number of rotatable bonds is 3. The largest absolute Gasteiger partial charge is 0.497 e. The second-order valence-electron chi connectivity index (χ2n) is 4.35. The second-order valence-corrected chi connectivity index (χ2v) is 4.35. The molecule has 0 radical (unpaired) electrons. The number of nitrogens with one attached hydrogen (secondary N) is 1. The summed E-state index contributed by atoms with van der Waals surface area (Å²) in [6.07, 6.45) is 2.37. The van der Waals surface area contributed by atoms with E-state index >= 15 is 0 Å². The first-order chi connectivity index (χ1) is 8.14. The lowest BCUT2D eigenvalue weighted by Gasteiger charge is -2.31. The number of alkyl halides is 2. The van der Waals surface area contributed by atoms with Gasteiger partial charge in [0.15, 0.2) is 0 Å². The molecular formula is C13H17F2NO. The van der Waals surface area contributed by atoms with Gasteiger partial charge < -0.3 is 10.1 Å². The first kappa shape index (κ1) is 12.3. The van der Waals surface area contributed by atoms with Gasteiger partial charge in [0.2, 0.25) is 0 Å². The predicted molar refractivity (Wildman–Crippen MR) is 62.5 cm³/mol. The molecule has 1 aliphatic rings. The van der Waals surface area contributed by atoms with Crippen LogP contribution in [0.2, 0.25) is 0 Å². The fourth-order valence-electron chi connectivity index (χ4n) is 2.18. The zero-order chi connectivity index (χ0) is 12.3. The molecule has 0 saturated carbocycles. The van der Waals surface area contributed by atoms with Crippen LogP contribution in [-0.4, -0.2) is 19.7 Å². The molecule has 1 aliphatic heterocycles. The quantitative estimate of drug-likeness (QED) is 0.878. The van der Waals surface area contributed by atoms with Crippen molar-refractivity contribution >= 4 is 0 Å². The molecule has 1 heterocycles. The average molecular weight is 241 g/mol. The van der Waals surface area contributed by atoms with Gasteiger partial charge in [-0.1, -0.05) is 6.42 Å². The molecule has 1 fully saturated rings. The van der Waals surface area contributed by atoms with Crippen molar-refractivity contribution in [2.24, 2.45) is 0 Å². The van der Waals surface area contributed by atoms with Crippen molar-refractivity contribution in [3.8, 4) is 5.75 Å². The van der Waals surface area contributed by atoms with E-state index in [0.717, 1.165) is 12.8 Å². The van der Waals surface area contributed by atoms with E-state index in [1.54, 1.807) is 12.1 Å². The summed E-state index contributed by atoms with van der Waals surface area (Å²) in [6, 6.07) is 5.28. The number of methoxy groups -OCH3 is 1. The fourth-order valence-corrected chi connectivity index (χ4v) is 2.18. The van der Waals surface area contributed by atoms with Gasteiger partial charge in [0, 0.05) is 5.56 Å². The molecule has 1 saturated heterocycles. The van der Waals surface area contributed by atoms with E-state index in [1.165, 1.54) is 19.2 Å². The van der Waals surface area contributed by atoms with Crippen molar-refractivity contribution in [3.63, 3.8) is 0 Å². The van der Waals surface area contributed by atoms with Crippen molar-refractivity contribution in [1.82, 2.24) is 5.32 Å². The lowest BCUT2D eigenvalue weighted by Crippen LogP contribution is -2.45. The Morgan fingerprint density at radius 2 is 1.94 bits per heavy atom. The van der Waals surface area contributed by atoms with Gasteiger partial charge >= 0.3 is 0 Å². The lowest BCUT2D eigenvalue weighted by atomic mass is 9.94. The van der Waals surface area contributed by atoms with Gasteiger partial charge in [-0.25, -0.2) is 0 Å². The van der Waals surface area contributed by atoms with Crippen molar-refractivity contribution in [3.05, 3.63) is 29.8 Å². The van der Waals surface area contributed by atoms with E-state index < -0.39 is 12.0 Å². The highest BCUT2D eigenvalue weighted by atomic mass is 19.3. The van der Waals surface area contributed by atoms with E-state index in [2.05, 4.69) is 5.32 Å². The van der Waals surface area contributed by atoms with Crippen molar-refractivity contribution in [1.29, 1.82) is 0 Å². The third-order valence-corrected chi connectivity index (χ3v) is 3.22. The summed E-state index contributed by atoms with van der Waals surface area (Å²) in [7, 11) is 1.52. The Morgan fingerprint density at radius 3 is 2.47 bits per heavy atom. The summed E-state index contributed by atoms with van der Waals surface area (Å²) in [5.74, 6) is -2.21. The molecule has 0 aromatic heterocycles. The summed E-state index contributed by atoms with van der Waals surface area (Å²) in [4.78, 5) is 0. The average Bonchev–Trinajstić information content (AvgIpc) is 2.40. The molecule has 0 amide bonds. The van der Waals surface area contributed by atoms with Gasteiger partial charge in [-0.3, -0.25) is 0 Å². The van der Waals surface area contributed by atoms with Crippen LogP contribution in [0.3, 0.4) is 0 Å². The summed E-state index contributed by atoms with van der Waals surface area (Å²) in [6.45, 7) is 0.677. The van der Waals surface area contributed by atoms with Gasteiger partial charge in [-0.2, -0.15) is 8.78 Å². The lowest BCUT2D eigenvalue weighted by molar-refractivity contribution is -0.0512. The van der Waals surface area contributed by atoms with Crippen LogP contribution in [-0.2, 0) is 5.92 Å². The molecule has 2 nitrogen and oxygen atoms in total. The Labute approximate surface area is 100.0 Å². The highest BCUT2D eigenvalue weighted by Gasteiger charge is 2.41. The minimum absolute atomic E-state index is 0.0534. The summed E-state index contributed by atoms with van der Waals surface area (Å²) >= 11 is 0. The first-order valence-electron chi connectivity index (χ1n) is 5.90. The maximum atomic E-state index is 14.2. The molecule has 1 aromatic rings. The minimum Gasteiger partial charge on any atom is -0.497 e. The molecule has 0 bridgehead atoms. The van der Waals surface area contributed by atoms with Crippen LogP contribution in [0.25, 0.3) is 0 Å². The molecule has 0 aliphatic carbocycles. The highest BCUT2D eigenvalue weighted by molar-refractivity contribution is 5.30. The molecule has 2 rings (SSSR count). The molecule has 94 valence electrons. The van der Waals surface area contributed by atoms with E-state index in [9.17, 15) is 8.78 Å². The van der Waals surface area contributed by atoms with E-state index in [0.29, 0.717) is 18.7 Å². The van der Waals surface area contributed by atoms with Gasteiger partial charge in [0.05, 0.1) is 13.2 Å². The van der Waals surface area contributed by atoms with Crippen LogP contribution in [0.15, 0.2) is 24.3 Å². The van der Waals surface area contributed by atoms with Crippen LogP contribution < -0.4 is 10.1 Å². The van der Waals surface area contributed by atoms with Crippen molar-refractivity contribution in [2.45, 2.75) is 31.2 Å². The number of hydrogen-bond acceptors (Lipinski definition) is 2. The van der Waals surface area contributed by atoms with Gasteiger partial charge in [0.1, 0.15) is 5.75 Å². The zero-order valence-corrected chi connectivity index (χ0v) is 9.88. The Bertz CT molecular complexity index is 358. The van der Waals surface area contributed by atoms with Crippen LogP contribution in [0.5, 0.6) is 5.75 Å². The molecule has 4 heteroatoms. The third kappa shape index (κ3) is 2.57. The molecule has 0 spiro atoms. The second kappa shape index (κ2) is 5.00. The number of piperidine rings is 1. The number of benzene rings is 1. The van der Waals surface area contributed by atoms with E-state index in [1.807, 2.05) is 0 Å². The molecule has 1 aromatic carbocycles. The fraction of sp³-hybridized carbons (Fsp3) is 0.538. The number of ether oxygens (including phenoxy) is 1. The maximum Gasteiger partial charge on any atom is 0.288 e. The standard InChI is InChI=1S/C13H17F2NO/c1-17-11-7-5-10(6-8-11)13(14,15)12-4-2-3-9-16-12/h5-8,12,16H,2-4,9H2,1H3. The maximum absolute atomic E-state index is 14.2. The third-order valence-electron chi connectivity index (χ3n) is 3.22. The van der Waals surface area contributed by atoms with Crippen LogP contribution in [0.1, 0.15) is 24.8 Å². The molecular weight excluding hydrogens is 224 g/mol. The van der Waals surface area contributed by atoms with Crippen molar-refractivity contribution < 1.29 is 13.5 Å². The molecule has 1 N–H and O–H groups in total. The number of hydrogen-bond donors (Lipinski definition) is 1. The Morgan fingerprint density at radius 1 is 1.24 bits per heavy atom. The zero-order valence-electron chi connectivity index (χ0n) is 9.88. The monoisotopic (exact) mass is 241 g/mol. The summed E-state index contributed by atoms with van der Waals surface area (Å²) in [5, 5.41) is 2.91. The van der Waals surface area contributed by atoms with Crippen LogP contribution in [0, 0.1) is 0 Å². The van der Waals surface area contributed by atoms with Crippen LogP contribution >= 0.6 is 0 Å². The van der Waals surface area contributed by atoms with Gasteiger partial charge in [-0.15, -0.1) is 0 Å². The van der Waals surface area contributed by atoms with Crippen molar-refractivity contribution in [2.75, 3.05) is 13.7 Å². The highest BCUT2D eigenvalue weighted by Crippen LogP contribution is 2.35. The summed E-state index contributed by atoms with van der Waals surface area (Å²) < 4.78 is 33.3. The summed E-state index contributed by atoms with van der Waals surface area (Å²) in [5.41, 5.74) is 0.0534. The van der Waals surface area contributed by atoms with Gasteiger partial charge in [-0.05, 0) is 43.7 Å². The molecule has 17 heavy (non-hydrogen) atoms. The smallest absolute Gasteiger partial charge is 0.288 e. The topological polar surface area (TPSA) is 21.3 Å². The Balaban J connectivity index is 2.17. The normalized spacial score (nSPS) is 21.2. The SMILES string of the molecule is COc1ccc(C(F)(F)C2CCCCN2)cc1. The minimum atomic E-state index is -2.81.